The van der Waals surface area contributed by atoms with Crippen molar-refractivity contribution in [2.24, 2.45) is 0 Å². The summed E-state index contributed by atoms with van der Waals surface area (Å²) in [5.74, 6) is -1.43. The Morgan fingerprint density at radius 2 is 1.47 bits per heavy atom. The highest BCUT2D eigenvalue weighted by atomic mass is 19.4. The van der Waals surface area contributed by atoms with Gasteiger partial charge in [-0.05, 0) is 73.4 Å². The van der Waals surface area contributed by atoms with Crippen LogP contribution in [0.15, 0.2) is 72.4 Å². The molecular weight excluding hydrogens is 445 g/mol. The molecule has 34 heavy (non-hydrogen) atoms. The lowest BCUT2D eigenvalue weighted by Gasteiger charge is -2.17. The zero-order valence-electron chi connectivity index (χ0n) is 18.7. The van der Waals surface area contributed by atoms with Gasteiger partial charge in [0.2, 0.25) is 0 Å². The summed E-state index contributed by atoms with van der Waals surface area (Å²) in [4.78, 5) is 28.1. The Kier molecular flexibility index (Phi) is 5.91. The van der Waals surface area contributed by atoms with E-state index < -0.39 is 23.9 Å². The first-order chi connectivity index (χ1) is 16.0. The van der Waals surface area contributed by atoms with E-state index in [9.17, 15) is 22.8 Å². The number of halogens is 3. The molecule has 2 amide bonds. The van der Waals surface area contributed by atoms with Crippen molar-refractivity contribution in [2.75, 3.05) is 10.2 Å². The van der Waals surface area contributed by atoms with Crippen LogP contribution >= 0.6 is 0 Å². The van der Waals surface area contributed by atoms with E-state index in [0.29, 0.717) is 16.9 Å². The number of carbonyl (C=O) groups is 2. The summed E-state index contributed by atoms with van der Waals surface area (Å²) >= 11 is 0. The molecule has 0 atom stereocenters. The van der Waals surface area contributed by atoms with Crippen LogP contribution in [0.3, 0.4) is 0 Å². The van der Waals surface area contributed by atoms with Crippen molar-refractivity contribution >= 4 is 28.8 Å². The van der Waals surface area contributed by atoms with Crippen LogP contribution in [0.2, 0.25) is 0 Å². The van der Waals surface area contributed by atoms with Gasteiger partial charge in [0.05, 0.1) is 11.3 Å². The average molecular weight is 466 g/mol. The SMILES string of the molecule is Cc1ccc(C2=C(Nc3ccc(OC(F)(F)F)cc3)C(=O)N(c3ccccc3C)C2=O)cc1C. The molecule has 1 heterocycles. The number of ether oxygens (including phenoxy) is 1. The lowest BCUT2D eigenvalue weighted by Crippen LogP contribution is -2.33. The maximum Gasteiger partial charge on any atom is 0.573 e. The number of para-hydroxylation sites is 1. The van der Waals surface area contributed by atoms with Gasteiger partial charge >= 0.3 is 6.36 Å². The molecule has 174 valence electrons. The first kappa shape index (κ1) is 23.1. The van der Waals surface area contributed by atoms with Gasteiger partial charge in [0.1, 0.15) is 11.4 Å². The number of amides is 2. The van der Waals surface area contributed by atoms with Gasteiger partial charge in [-0.1, -0.05) is 36.4 Å². The minimum atomic E-state index is -4.81. The molecule has 0 unspecified atom stereocenters. The number of hydrogen-bond acceptors (Lipinski definition) is 4. The van der Waals surface area contributed by atoms with E-state index in [2.05, 4.69) is 10.1 Å². The van der Waals surface area contributed by atoms with Crippen LogP contribution in [-0.4, -0.2) is 18.2 Å². The molecule has 0 saturated heterocycles. The van der Waals surface area contributed by atoms with E-state index in [1.807, 2.05) is 32.0 Å². The molecule has 5 nitrogen and oxygen atoms in total. The molecule has 0 spiro atoms. The second kappa shape index (κ2) is 8.70. The monoisotopic (exact) mass is 466 g/mol. The van der Waals surface area contributed by atoms with Gasteiger partial charge < -0.3 is 10.1 Å². The molecule has 1 aliphatic heterocycles. The molecule has 1 N–H and O–H groups in total. The number of carbonyl (C=O) groups excluding carboxylic acids is 2. The summed E-state index contributed by atoms with van der Waals surface area (Å²) in [6, 6.07) is 17.5. The predicted molar refractivity (Wildman–Crippen MR) is 123 cm³/mol. The number of alkyl halides is 3. The highest BCUT2D eigenvalue weighted by Crippen LogP contribution is 2.36. The van der Waals surface area contributed by atoms with E-state index in [1.165, 1.54) is 12.1 Å². The molecular formula is C26H21F3N2O3. The lowest BCUT2D eigenvalue weighted by atomic mass is 9.99. The highest BCUT2D eigenvalue weighted by molar-refractivity contribution is 6.46. The van der Waals surface area contributed by atoms with Gasteiger partial charge in [-0.3, -0.25) is 9.59 Å². The molecule has 8 heteroatoms. The Bertz CT molecular complexity index is 1310. The number of anilines is 2. The molecule has 3 aromatic rings. The minimum absolute atomic E-state index is 0.0426. The molecule has 4 rings (SSSR count). The van der Waals surface area contributed by atoms with Crippen molar-refractivity contribution in [2.45, 2.75) is 27.1 Å². The summed E-state index contributed by atoms with van der Waals surface area (Å²) in [6.07, 6.45) is -4.81. The smallest absolute Gasteiger partial charge is 0.406 e. The highest BCUT2D eigenvalue weighted by Gasteiger charge is 2.41. The van der Waals surface area contributed by atoms with Crippen LogP contribution < -0.4 is 15.0 Å². The zero-order chi connectivity index (χ0) is 24.6. The van der Waals surface area contributed by atoms with Crippen LogP contribution in [-0.2, 0) is 9.59 Å². The van der Waals surface area contributed by atoms with E-state index in [4.69, 9.17) is 0 Å². The van der Waals surface area contributed by atoms with Crippen LogP contribution in [0.25, 0.3) is 5.57 Å². The van der Waals surface area contributed by atoms with Crippen molar-refractivity contribution in [3.05, 3.63) is 94.7 Å². The number of benzene rings is 3. The van der Waals surface area contributed by atoms with Crippen LogP contribution in [0, 0.1) is 20.8 Å². The third kappa shape index (κ3) is 4.52. The number of imide groups is 1. The Morgan fingerprint density at radius 1 is 0.794 bits per heavy atom. The van der Waals surface area contributed by atoms with Gasteiger partial charge in [0.15, 0.2) is 0 Å². The first-order valence-electron chi connectivity index (χ1n) is 10.4. The molecule has 1 aliphatic rings. The fraction of sp³-hybridized carbons (Fsp3) is 0.154. The van der Waals surface area contributed by atoms with E-state index >= 15 is 0 Å². The van der Waals surface area contributed by atoms with Gasteiger partial charge in [-0.15, -0.1) is 13.2 Å². The molecule has 0 aromatic heterocycles. The fourth-order valence-corrected chi connectivity index (χ4v) is 3.73. The van der Waals surface area contributed by atoms with Crippen molar-refractivity contribution in [1.82, 2.24) is 0 Å². The maximum absolute atomic E-state index is 13.5. The molecule has 0 fully saturated rings. The summed E-state index contributed by atoms with van der Waals surface area (Å²) in [5, 5.41) is 2.94. The van der Waals surface area contributed by atoms with Crippen molar-refractivity contribution < 1.29 is 27.5 Å². The zero-order valence-corrected chi connectivity index (χ0v) is 18.7. The number of aryl methyl sites for hydroxylation is 3. The topological polar surface area (TPSA) is 58.6 Å². The Balaban J connectivity index is 1.77. The number of nitrogens with one attached hydrogen (secondary N) is 1. The quantitative estimate of drug-likeness (QED) is 0.475. The van der Waals surface area contributed by atoms with Crippen molar-refractivity contribution in [3.63, 3.8) is 0 Å². The van der Waals surface area contributed by atoms with Crippen LogP contribution in [0.1, 0.15) is 22.3 Å². The number of hydrogen-bond donors (Lipinski definition) is 1. The maximum atomic E-state index is 13.5. The van der Waals surface area contributed by atoms with E-state index in [0.717, 1.165) is 33.7 Å². The third-order valence-corrected chi connectivity index (χ3v) is 5.59. The van der Waals surface area contributed by atoms with Gasteiger partial charge in [0.25, 0.3) is 11.8 Å². The number of nitrogens with zero attached hydrogens (tertiary/aromatic N) is 1. The lowest BCUT2D eigenvalue weighted by molar-refractivity contribution is -0.274. The van der Waals surface area contributed by atoms with Crippen molar-refractivity contribution in [1.29, 1.82) is 0 Å². The Morgan fingerprint density at radius 3 is 2.09 bits per heavy atom. The molecule has 0 bridgehead atoms. The fourth-order valence-electron chi connectivity index (χ4n) is 3.73. The molecule has 0 aliphatic carbocycles. The standard InChI is InChI=1S/C26H21F3N2O3/c1-15-8-9-18(14-17(15)3)22-23(30-19-10-12-20(13-11-19)34-26(27,28)29)25(33)31(24(22)32)21-7-5-4-6-16(21)2/h4-14,30H,1-3H3. The third-order valence-electron chi connectivity index (χ3n) is 5.59. The predicted octanol–water partition coefficient (Wildman–Crippen LogP) is 5.91. The average Bonchev–Trinajstić information content (AvgIpc) is 3.00. The Hall–Kier alpha value is -4.07. The van der Waals surface area contributed by atoms with E-state index in [-0.39, 0.29) is 11.3 Å². The largest absolute Gasteiger partial charge is 0.573 e. The molecule has 0 saturated carbocycles. The second-order valence-electron chi connectivity index (χ2n) is 7.98. The normalized spacial score (nSPS) is 14.1. The number of rotatable bonds is 5. The summed E-state index contributed by atoms with van der Waals surface area (Å²) in [5.41, 5.74) is 4.33. The van der Waals surface area contributed by atoms with Gasteiger partial charge in [-0.2, -0.15) is 0 Å². The minimum Gasteiger partial charge on any atom is -0.406 e. The van der Waals surface area contributed by atoms with Gasteiger partial charge in [-0.25, -0.2) is 4.90 Å². The second-order valence-corrected chi connectivity index (χ2v) is 7.98. The molecule has 0 radical (unpaired) electrons. The van der Waals surface area contributed by atoms with Crippen molar-refractivity contribution in [3.8, 4) is 5.75 Å². The first-order valence-corrected chi connectivity index (χ1v) is 10.4. The molecule has 3 aromatic carbocycles. The summed E-state index contributed by atoms with van der Waals surface area (Å²) < 4.78 is 41.3. The van der Waals surface area contributed by atoms with E-state index in [1.54, 1.807) is 31.2 Å². The summed E-state index contributed by atoms with van der Waals surface area (Å²) in [7, 11) is 0. The Labute approximate surface area is 194 Å². The van der Waals surface area contributed by atoms with Crippen LogP contribution in [0.5, 0.6) is 5.75 Å². The summed E-state index contributed by atoms with van der Waals surface area (Å²) in [6.45, 7) is 5.65. The van der Waals surface area contributed by atoms with Gasteiger partial charge in [0, 0.05) is 5.69 Å². The van der Waals surface area contributed by atoms with Crippen LogP contribution in [0.4, 0.5) is 24.5 Å².